The topological polar surface area (TPSA) is 99.5 Å². The Labute approximate surface area is 201 Å². The van der Waals surface area contributed by atoms with E-state index in [-0.39, 0.29) is 45.6 Å². The van der Waals surface area contributed by atoms with Crippen LogP contribution in [0.2, 0.25) is 0 Å². The number of alkyl halides is 3. The van der Waals surface area contributed by atoms with Gasteiger partial charge in [-0.1, -0.05) is 19.3 Å². The highest BCUT2D eigenvalue weighted by Crippen LogP contribution is 2.33. The second-order valence-electron chi connectivity index (χ2n) is 8.01. The zero-order valence-corrected chi connectivity index (χ0v) is 19.5. The van der Waals surface area contributed by atoms with E-state index >= 15 is 0 Å². The van der Waals surface area contributed by atoms with Gasteiger partial charge in [0.25, 0.3) is 5.56 Å². The molecule has 0 aliphatic heterocycles. The van der Waals surface area contributed by atoms with Crippen molar-refractivity contribution in [1.82, 2.24) is 9.78 Å². The molecule has 1 fully saturated rings. The number of carbonyl (C=O) groups excluding carboxylic acids is 2. The number of carbonyl (C=O) groups is 2. The first-order valence-corrected chi connectivity index (χ1v) is 11.9. The molecule has 4 rings (SSSR count). The maximum absolute atomic E-state index is 13.4. The van der Waals surface area contributed by atoms with Crippen LogP contribution in [0.4, 0.5) is 18.2 Å². The molecule has 1 amide bonds. The summed E-state index contributed by atoms with van der Waals surface area (Å²) in [5.74, 6) is -1.60. The summed E-state index contributed by atoms with van der Waals surface area (Å²) in [5, 5.41) is 9.10. The monoisotopic (exact) mass is 509 g/mol. The lowest BCUT2D eigenvalue weighted by Gasteiger charge is -2.20. The van der Waals surface area contributed by atoms with Gasteiger partial charge in [-0.25, -0.2) is 4.79 Å². The lowest BCUT2D eigenvalue weighted by Crippen LogP contribution is -2.27. The minimum Gasteiger partial charge on any atom is -0.461 e. The summed E-state index contributed by atoms with van der Waals surface area (Å²) >= 11 is 1.09. The predicted octanol–water partition coefficient (Wildman–Crippen LogP) is 5.04. The van der Waals surface area contributed by atoms with E-state index in [2.05, 4.69) is 15.2 Å². The number of esters is 1. The standard InChI is InChI=1S/C23H22F3N3O5S/c1-2-33-22(32)18-16-12-35-20(27-19(30)13-6-4-3-5-7-13)17(16)21(31)29(28-18)14-8-10-15(11-9-14)34-23(24,25)26/h8-13H,2-7H2,1H3,(H,27,30). The molecule has 8 nitrogen and oxygen atoms in total. The van der Waals surface area contributed by atoms with Crippen molar-refractivity contribution in [2.75, 3.05) is 11.9 Å². The normalized spacial score (nSPS) is 14.6. The Hall–Kier alpha value is -3.41. The van der Waals surface area contributed by atoms with Crippen LogP contribution < -0.4 is 15.6 Å². The molecule has 186 valence electrons. The smallest absolute Gasteiger partial charge is 0.461 e. The molecule has 0 bridgehead atoms. The van der Waals surface area contributed by atoms with Gasteiger partial charge < -0.3 is 14.8 Å². The zero-order valence-electron chi connectivity index (χ0n) is 18.7. The lowest BCUT2D eigenvalue weighted by molar-refractivity contribution is -0.274. The number of amides is 1. The molecule has 2 aromatic heterocycles. The van der Waals surface area contributed by atoms with Gasteiger partial charge in [0.15, 0.2) is 5.69 Å². The Kier molecular flexibility index (Phi) is 7.10. The molecule has 0 spiro atoms. The molecule has 0 saturated heterocycles. The summed E-state index contributed by atoms with van der Waals surface area (Å²) in [6.07, 6.45) is -0.336. The van der Waals surface area contributed by atoms with Gasteiger partial charge in [0.2, 0.25) is 5.91 Å². The maximum Gasteiger partial charge on any atom is 0.573 e. The number of nitrogens with one attached hydrogen (secondary N) is 1. The van der Waals surface area contributed by atoms with Gasteiger partial charge in [-0.2, -0.15) is 9.78 Å². The number of nitrogens with zero attached hydrogens (tertiary/aromatic N) is 2. The number of hydrogen-bond acceptors (Lipinski definition) is 7. The van der Waals surface area contributed by atoms with Crippen molar-refractivity contribution in [2.24, 2.45) is 5.92 Å². The van der Waals surface area contributed by atoms with E-state index in [0.717, 1.165) is 60.3 Å². The molecule has 2 heterocycles. The van der Waals surface area contributed by atoms with Gasteiger partial charge in [0.05, 0.1) is 17.7 Å². The number of thiophene rings is 1. The van der Waals surface area contributed by atoms with E-state index in [4.69, 9.17) is 4.74 Å². The molecule has 35 heavy (non-hydrogen) atoms. The first-order chi connectivity index (χ1) is 16.7. The molecule has 1 saturated carbocycles. The van der Waals surface area contributed by atoms with Crippen molar-refractivity contribution in [2.45, 2.75) is 45.4 Å². The summed E-state index contributed by atoms with van der Waals surface area (Å²) in [5.41, 5.74) is -0.683. The van der Waals surface area contributed by atoms with Crippen LogP contribution in [0, 0.1) is 5.92 Å². The summed E-state index contributed by atoms with van der Waals surface area (Å²) in [6.45, 7) is 1.69. The molecule has 1 N–H and O–H groups in total. The van der Waals surface area contributed by atoms with Crippen molar-refractivity contribution in [3.05, 3.63) is 45.7 Å². The first kappa shape index (κ1) is 24.7. The van der Waals surface area contributed by atoms with Crippen LogP contribution in [0.15, 0.2) is 34.4 Å². The Balaban J connectivity index is 1.78. The summed E-state index contributed by atoms with van der Waals surface area (Å²) in [6, 6.07) is 4.49. The molecule has 1 aliphatic rings. The summed E-state index contributed by atoms with van der Waals surface area (Å²) < 4.78 is 47.3. The second-order valence-corrected chi connectivity index (χ2v) is 8.89. The molecule has 12 heteroatoms. The fourth-order valence-electron chi connectivity index (χ4n) is 4.03. The number of aromatic nitrogens is 2. The summed E-state index contributed by atoms with van der Waals surface area (Å²) in [4.78, 5) is 38.8. The van der Waals surface area contributed by atoms with E-state index in [1.807, 2.05) is 0 Å². The number of ether oxygens (including phenoxy) is 2. The number of hydrogen-bond donors (Lipinski definition) is 1. The van der Waals surface area contributed by atoms with Gasteiger partial charge in [0, 0.05) is 16.7 Å². The number of benzene rings is 1. The third-order valence-corrected chi connectivity index (χ3v) is 6.54. The van der Waals surface area contributed by atoms with Crippen molar-refractivity contribution >= 4 is 39.0 Å². The minimum absolute atomic E-state index is 0.0695. The van der Waals surface area contributed by atoms with E-state index < -0.39 is 23.6 Å². The van der Waals surface area contributed by atoms with Gasteiger partial charge in [-0.3, -0.25) is 9.59 Å². The highest BCUT2D eigenvalue weighted by Gasteiger charge is 2.31. The van der Waals surface area contributed by atoms with Crippen molar-refractivity contribution < 1.29 is 32.2 Å². The van der Waals surface area contributed by atoms with Crippen molar-refractivity contribution in [1.29, 1.82) is 0 Å². The Bertz CT molecular complexity index is 1290. The van der Waals surface area contributed by atoms with Crippen molar-refractivity contribution in [3.63, 3.8) is 0 Å². The molecule has 1 aromatic carbocycles. The van der Waals surface area contributed by atoms with Gasteiger partial charge in [-0.15, -0.1) is 24.5 Å². The molecular weight excluding hydrogens is 487 g/mol. The molecule has 3 aromatic rings. The Morgan fingerprint density at radius 2 is 1.86 bits per heavy atom. The van der Waals surface area contributed by atoms with Crippen LogP contribution in [0.3, 0.4) is 0 Å². The quantitative estimate of drug-likeness (QED) is 0.468. The van der Waals surface area contributed by atoms with Crippen LogP contribution in [-0.2, 0) is 9.53 Å². The highest BCUT2D eigenvalue weighted by atomic mass is 32.1. The largest absolute Gasteiger partial charge is 0.573 e. The molecule has 1 aliphatic carbocycles. The van der Waals surface area contributed by atoms with E-state index in [1.54, 1.807) is 12.3 Å². The van der Waals surface area contributed by atoms with Gasteiger partial charge in [0.1, 0.15) is 10.8 Å². The average molecular weight is 510 g/mol. The minimum atomic E-state index is -4.87. The molecule has 0 unspecified atom stereocenters. The molecule has 0 radical (unpaired) electrons. The van der Waals surface area contributed by atoms with Gasteiger partial charge in [-0.05, 0) is 44.0 Å². The highest BCUT2D eigenvalue weighted by molar-refractivity contribution is 7.16. The SMILES string of the molecule is CCOC(=O)c1nn(-c2ccc(OC(F)(F)F)cc2)c(=O)c2c(NC(=O)C3CCCCC3)scc12. The fourth-order valence-corrected chi connectivity index (χ4v) is 4.97. The van der Waals surface area contributed by atoms with E-state index in [0.29, 0.717) is 0 Å². The third-order valence-electron chi connectivity index (χ3n) is 5.65. The average Bonchev–Trinajstić information content (AvgIpc) is 3.24. The first-order valence-electron chi connectivity index (χ1n) is 11.1. The Morgan fingerprint density at radius 1 is 1.17 bits per heavy atom. The van der Waals surface area contributed by atoms with E-state index in [9.17, 15) is 27.6 Å². The predicted molar refractivity (Wildman–Crippen MR) is 123 cm³/mol. The van der Waals surface area contributed by atoms with Crippen LogP contribution in [0.25, 0.3) is 16.5 Å². The lowest BCUT2D eigenvalue weighted by atomic mass is 9.89. The number of anilines is 1. The fraction of sp³-hybridized carbons (Fsp3) is 0.391. The third kappa shape index (κ3) is 5.47. The molecular formula is C23H22F3N3O5S. The van der Waals surface area contributed by atoms with Crippen LogP contribution in [-0.4, -0.2) is 34.6 Å². The summed E-state index contributed by atoms with van der Waals surface area (Å²) in [7, 11) is 0. The van der Waals surface area contributed by atoms with E-state index in [1.165, 1.54) is 12.1 Å². The Morgan fingerprint density at radius 3 is 2.49 bits per heavy atom. The van der Waals surface area contributed by atoms with Crippen LogP contribution in [0.5, 0.6) is 5.75 Å². The number of fused-ring (bicyclic) bond motifs is 1. The second kappa shape index (κ2) is 10.1. The number of halogens is 3. The van der Waals surface area contributed by atoms with Crippen LogP contribution in [0.1, 0.15) is 49.5 Å². The van der Waals surface area contributed by atoms with Crippen molar-refractivity contribution in [3.8, 4) is 11.4 Å². The van der Waals surface area contributed by atoms with Gasteiger partial charge >= 0.3 is 12.3 Å². The number of rotatable bonds is 6. The van der Waals surface area contributed by atoms with Crippen LogP contribution >= 0.6 is 11.3 Å². The molecule has 0 atom stereocenters. The maximum atomic E-state index is 13.4. The zero-order chi connectivity index (χ0) is 25.2.